The highest BCUT2D eigenvalue weighted by Crippen LogP contribution is 2.27. The molecule has 78 valence electrons. The Morgan fingerprint density at radius 1 is 1.20 bits per heavy atom. The summed E-state index contributed by atoms with van der Waals surface area (Å²) in [6.45, 7) is 2.15. The lowest BCUT2D eigenvalue weighted by atomic mass is 9.98. The number of hydrogen-bond donors (Lipinski definition) is 1. The summed E-state index contributed by atoms with van der Waals surface area (Å²) in [5, 5.41) is 3.35. The number of aromatic nitrogens is 1. The largest absolute Gasteiger partial charge is 0.440 e. The third-order valence-electron chi connectivity index (χ3n) is 3.00. The number of hydrogen-bond acceptors (Lipinski definition) is 3. The molecule has 0 radical (unpaired) electrons. The lowest BCUT2D eigenvalue weighted by Crippen LogP contribution is -2.26. The molecular formula is C12H14N2O. The molecule has 3 heteroatoms. The van der Waals surface area contributed by atoms with Crippen molar-refractivity contribution in [2.75, 3.05) is 13.1 Å². The average Bonchev–Trinajstić information content (AvgIpc) is 2.74. The highest BCUT2D eigenvalue weighted by atomic mass is 16.3. The number of oxazole rings is 1. The second kappa shape index (κ2) is 3.66. The number of benzene rings is 1. The first-order valence-electron chi connectivity index (χ1n) is 5.50. The molecule has 1 fully saturated rings. The van der Waals surface area contributed by atoms with E-state index in [0.717, 1.165) is 42.9 Å². The number of rotatable bonds is 1. The summed E-state index contributed by atoms with van der Waals surface area (Å²) in [6.07, 6.45) is 2.26. The monoisotopic (exact) mass is 202 g/mol. The van der Waals surface area contributed by atoms with Crippen LogP contribution in [0.2, 0.25) is 0 Å². The van der Waals surface area contributed by atoms with Gasteiger partial charge < -0.3 is 9.73 Å². The van der Waals surface area contributed by atoms with Gasteiger partial charge in [-0.1, -0.05) is 12.1 Å². The Balaban J connectivity index is 1.96. The van der Waals surface area contributed by atoms with E-state index >= 15 is 0 Å². The van der Waals surface area contributed by atoms with Crippen molar-refractivity contribution in [2.24, 2.45) is 0 Å². The van der Waals surface area contributed by atoms with E-state index in [9.17, 15) is 0 Å². The molecule has 2 heterocycles. The van der Waals surface area contributed by atoms with Gasteiger partial charge in [-0.3, -0.25) is 0 Å². The molecule has 0 saturated carbocycles. The van der Waals surface area contributed by atoms with Gasteiger partial charge in [0.25, 0.3) is 0 Å². The normalized spacial score (nSPS) is 18.4. The van der Waals surface area contributed by atoms with Crippen molar-refractivity contribution < 1.29 is 4.42 Å². The second-order valence-corrected chi connectivity index (χ2v) is 4.04. The summed E-state index contributed by atoms with van der Waals surface area (Å²) in [6, 6.07) is 7.97. The molecule has 0 atom stereocenters. The maximum atomic E-state index is 5.77. The standard InChI is InChI=1S/C12H14N2O/c1-2-4-11-10(3-1)14-12(15-11)9-5-7-13-8-6-9/h1-4,9,13H,5-8H2. The smallest absolute Gasteiger partial charge is 0.198 e. The van der Waals surface area contributed by atoms with E-state index in [1.807, 2.05) is 24.3 Å². The Morgan fingerprint density at radius 3 is 2.80 bits per heavy atom. The Bertz CT molecular complexity index is 424. The highest BCUT2D eigenvalue weighted by Gasteiger charge is 2.20. The lowest BCUT2D eigenvalue weighted by molar-refractivity contribution is 0.385. The number of fused-ring (bicyclic) bond motifs is 1. The zero-order valence-corrected chi connectivity index (χ0v) is 8.57. The Morgan fingerprint density at radius 2 is 2.00 bits per heavy atom. The van der Waals surface area contributed by atoms with Crippen LogP contribution in [0.3, 0.4) is 0 Å². The van der Waals surface area contributed by atoms with Gasteiger partial charge in [-0.2, -0.15) is 0 Å². The van der Waals surface area contributed by atoms with E-state index in [-0.39, 0.29) is 0 Å². The van der Waals surface area contributed by atoms with Gasteiger partial charge in [-0.15, -0.1) is 0 Å². The molecule has 1 aliphatic rings. The lowest BCUT2D eigenvalue weighted by Gasteiger charge is -2.19. The molecule has 15 heavy (non-hydrogen) atoms. The molecule has 0 unspecified atom stereocenters. The van der Waals surface area contributed by atoms with Gasteiger partial charge in [0.05, 0.1) is 0 Å². The zero-order chi connectivity index (χ0) is 10.1. The van der Waals surface area contributed by atoms with Gasteiger partial charge in [0.15, 0.2) is 11.5 Å². The molecule has 2 aromatic rings. The quantitative estimate of drug-likeness (QED) is 0.771. The molecule has 3 nitrogen and oxygen atoms in total. The minimum absolute atomic E-state index is 0.499. The van der Waals surface area contributed by atoms with Crippen molar-refractivity contribution in [3.05, 3.63) is 30.2 Å². The van der Waals surface area contributed by atoms with Crippen molar-refractivity contribution in [1.29, 1.82) is 0 Å². The van der Waals surface area contributed by atoms with Crippen molar-refractivity contribution in [3.63, 3.8) is 0 Å². The summed E-state index contributed by atoms with van der Waals surface area (Å²) in [4.78, 5) is 4.54. The van der Waals surface area contributed by atoms with Crippen LogP contribution in [0, 0.1) is 0 Å². The first-order chi connectivity index (χ1) is 7.43. The average molecular weight is 202 g/mol. The van der Waals surface area contributed by atoms with Gasteiger partial charge in [0.2, 0.25) is 0 Å². The molecule has 1 saturated heterocycles. The molecule has 3 rings (SSSR count). The van der Waals surface area contributed by atoms with Crippen molar-refractivity contribution in [1.82, 2.24) is 10.3 Å². The van der Waals surface area contributed by atoms with Gasteiger partial charge in [0.1, 0.15) is 5.52 Å². The number of nitrogens with one attached hydrogen (secondary N) is 1. The minimum Gasteiger partial charge on any atom is -0.440 e. The Hall–Kier alpha value is -1.35. The van der Waals surface area contributed by atoms with Gasteiger partial charge in [-0.25, -0.2) is 4.98 Å². The van der Waals surface area contributed by atoms with Gasteiger partial charge >= 0.3 is 0 Å². The fourth-order valence-corrected chi connectivity index (χ4v) is 2.13. The van der Waals surface area contributed by atoms with Crippen molar-refractivity contribution in [3.8, 4) is 0 Å². The summed E-state index contributed by atoms with van der Waals surface area (Å²) in [5.74, 6) is 1.41. The highest BCUT2D eigenvalue weighted by molar-refractivity contribution is 5.72. The van der Waals surface area contributed by atoms with Gasteiger partial charge in [-0.05, 0) is 38.1 Å². The molecule has 0 bridgehead atoms. The molecular weight excluding hydrogens is 188 g/mol. The van der Waals surface area contributed by atoms with E-state index in [1.165, 1.54) is 0 Å². The van der Waals surface area contributed by atoms with Crippen LogP contribution in [0.15, 0.2) is 28.7 Å². The number of para-hydroxylation sites is 2. The van der Waals surface area contributed by atoms with E-state index in [2.05, 4.69) is 10.3 Å². The van der Waals surface area contributed by atoms with Crippen LogP contribution < -0.4 is 5.32 Å². The number of nitrogens with zero attached hydrogens (tertiary/aromatic N) is 1. The summed E-state index contributed by atoms with van der Waals surface area (Å²) in [5.41, 5.74) is 1.89. The van der Waals surface area contributed by atoms with E-state index in [4.69, 9.17) is 4.42 Å². The predicted octanol–water partition coefficient (Wildman–Crippen LogP) is 2.29. The first kappa shape index (κ1) is 8.92. The Labute approximate surface area is 88.5 Å². The fourth-order valence-electron chi connectivity index (χ4n) is 2.13. The summed E-state index contributed by atoms with van der Waals surface area (Å²) >= 11 is 0. The SMILES string of the molecule is c1ccc2oc(C3CCNCC3)nc2c1. The third kappa shape index (κ3) is 1.63. The first-order valence-corrected chi connectivity index (χ1v) is 5.50. The zero-order valence-electron chi connectivity index (χ0n) is 8.57. The summed E-state index contributed by atoms with van der Waals surface area (Å²) in [7, 11) is 0. The molecule has 1 aliphatic heterocycles. The predicted molar refractivity (Wildman–Crippen MR) is 58.9 cm³/mol. The Kier molecular flexibility index (Phi) is 2.18. The van der Waals surface area contributed by atoms with Crippen LogP contribution in [0.1, 0.15) is 24.7 Å². The number of piperidine rings is 1. The molecule has 0 aliphatic carbocycles. The van der Waals surface area contributed by atoms with Crippen molar-refractivity contribution >= 4 is 11.1 Å². The topological polar surface area (TPSA) is 38.1 Å². The van der Waals surface area contributed by atoms with Crippen molar-refractivity contribution in [2.45, 2.75) is 18.8 Å². The summed E-state index contributed by atoms with van der Waals surface area (Å²) < 4.78 is 5.77. The van der Waals surface area contributed by atoms with Crippen LogP contribution in [0.5, 0.6) is 0 Å². The fraction of sp³-hybridized carbons (Fsp3) is 0.417. The van der Waals surface area contributed by atoms with Crippen LogP contribution in [0.4, 0.5) is 0 Å². The maximum Gasteiger partial charge on any atom is 0.198 e. The van der Waals surface area contributed by atoms with Crippen LogP contribution in [-0.4, -0.2) is 18.1 Å². The second-order valence-electron chi connectivity index (χ2n) is 4.04. The molecule has 0 spiro atoms. The van der Waals surface area contributed by atoms with E-state index in [0.29, 0.717) is 5.92 Å². The van der Waals surface area contributed by atoms with Crippen LogP contribution >= 0.6 is 0 Å². The van der Waals surface area contributed by atoms with Crippen LogP contribution in [-0.2, 0) is 0 Å². The molecule has 0 amide bonds. The molecule has 1 aromatic heterocycles. The minimum atomic E-state index is 0.499. The molecule has 1 N–H and O–H groups in total. The third-order valence-corrected chi connectivity index (χ3v) is 3.00. The maximum absolute atomic E-state index is 5.77. The van der Waals surface area contributed by atoms with Crippen LogP contribution in [0.25, 0.3) is 11.1 Å². The molecule has 1 aromatic carbocycles. The van der Waals surface area contributed by atoms with E-state index < -0.39 is 0 Å². The van der Waals surface area contributed by atoms with E-state index in [1.54, 1.807) is 0 Å². The van der Waals surface area contributed by atoms with Gasteiger partial charge in [0, 0.05) is 5.92 Å².